The summed E-state index contributed by atoms with van der Waals surface area (Å²) in [7, 11) is 0. The topological polar surface area (TPSA) is 32.8 Å². The minimum atomic E-state index is -0.169. The molecule has 4 rings (SSSR count). The minimum Gasteiger partial charge on any atom is -0.362 e. The quantitative estimate of drug-likeness (QED) is 0.852. The molecule has 4 nitrogen and oxygen atoms in total. The summed E-state index contributed by atoms with van der Waals surface area (Å²) < 4.78 is 6.33. The van der Waals surface area contributed by atoms with E-state index in [0.29, 0.717) is 0 Å². The van der Waals surface area contributed by atoms with Crippen molar-refractivity contribution in [1.29, 1.82) is 0 Å². The van der Waals surface area contributed by atoms with Gasteiger partial charge < -0.3 is 9.64 Å². The van der Waals surface area contributed by atoms with E-state index in [-0.39, 0.29) is 17.6 Å². The van der Waals surface area contributed by atoms with Crippen molar-refractivity contribution in [1.82, 2.24) is 9.80 Å². The fraction of sp³-hybridized carbons (Fsp3) is 0.722. The molecule has 0 N–H and O–H groups in total. The highest BCUT2D eigenvalue weighted by Gasteiger charge is 2.45. The van der Waals surface area contributed by atoms with Crippen LogP contribution in [-0.4, -0.2) is 53.6 Å². The zero-order valence-electron chi connectivity index (χ0n) is 13.7. The first kappa shape index (κ1) is 15.6. The number of thiophene rings is 1. The summed E-state index contributed by atoms with van der Waals surface area (Å²) in [5.41, 5.74) is -0.0218. The third-order valence-corrected chi connectivity index (χ3v) is 6.54. The first-order valence-corrected chi connectivity index (χ1v) is 9.83. The van der Waals surface area contributed by atoms with Crippen LogP contribution >= 0.6 is 11.3 Å². The number of piperidine rings is 1. The molecule has 1 aromatic heterocycles. The van der Waals surface area contributed by atoms with E-state index in [2.05, 4.69) is 22.4 Å². The lowest BCUT2D eigenvalue weighted by Gasteiger charge is -2.39. The van der Waals surface area contributed by atoms with Gasteiger partial charge in [0.25, 0.3) is 5.91 Å². The lowest BCUT2D eigenvalue weighted by Crippen LogP contribution is -2.45. The summed E-state index contributed by atoms with van der Waals surface area (Å²) >= 11 is 1.84. The molecule has 0 aromatic carbocycles. The Morgan fingerprint density at radius 3 is 2.70 bits per heavy atom. The largest absolute Gasteiger partial charge is 0.362 e. The number of hydrogen-bond acceptors (Lipinski definition) is 4. The number of amides is 1. The number of nitrogens with zero attached hydrogens (tertiary/aromatic N) is 2. The van der Waals surface area contributed by atoms with Crippen molar-refractivity contribution >= 4 is 17.2 Å². The van der Waals surface area contributed by atoms with Gasteiger partial charge in [-0.3, -0.25) is 9.69 Å². The molecular weight excluding hydrogens is 308 g/mol. The van der Waals surface area contributed by atoms with Gasteiger partial charge in [-0.25, -0.2) is 0 Å². The fourth-order valence-electron chi connectivity index (χ4n) is 4.24. The maximum atomic E-state index is 12.5. The smallest absolute Gasteiger partial charge is 0.251 e. The van der Waals surface area contributed by atoms with Crippen LogP contribution in [0.4, 0.5) is 0 Å². The second-order valence-electron chi connectivity index (χ2n) is 7.22. The molecule has 1 aromatic rings. The van der Waals surface area contributed by atoms with Crippen LogP contribution in [0.5, 0.6) is 0 Å². The molecule has 23 heavy (non-hydrogen) atoms. The molecule has 0 aliphatic carbocycles. The molecule has 1 atom stereocenters. The van der Waals surface area contributed by atoms with Crippen molar-refractivity contribution < 1.29 is 9.53 Å². The van der Waals surface area contributed by atoms with Crippen LogP contribution in [0, 0.1) is 0 Å². The van der Waals surface area contributed by atoms with Crippen LogP contribution in [0.25, 0.3) is 0 Å². The molecule has 1 amide bonds. The maximum Gasteiger partial charge on any atom is 0.251 e. The molecule has 5 heteroatoms. The van der Waals surface area contributed by atoms with E-state index in [1.54, 1.807) is 0 Å². The van der Waals surface area contributed by atoms with Gasteiger partial charge >= 0.3 is 0 Å². The lowest BCUT2D eigenvalue weighted by molar-refractivity contribution is -0.150. The van der Waals surface area contributed by atoms with E-state index in [1.165, 1.54) is 4.88 Å². The molecule has 3 aliphatic rings. The fourth-order valence-corrected chi connectivity index (χ4v) is 4.98. The Bertz CT molecular complexity index is 531. The molecule has 0 unspecified atom stereocenters. The minimum absolute atomic E-state index is 0.0218. The third-order valence-electron chi connectivity index (χ3n) is 5.67. The molecular formula is C18H26N2O2S. The Morgan fingerprint density at radius 2 is 2.00 bits per heavy atom. The van der Waals surface area contributed by atoms with Crippen LogP contribution in [0.15, 0.2) is 17.5 Å². The summed E-state index contributed by atoms with van der Waals surface area (Å²) in [6.45, 7) is 5.09. The van der Waals surface area contributed by atoms with E-state index in [1.807, 2.05) is 16.2 Å². The van der Waals surface area contributed by atoms with Crippen molar-refractivity contribution in [3.8, 4) is 0 Å². The average Bonchev–Trinajstić information content (AvgIpc) is 3.31. The lowest BCUT2D eigenvalue weighted by atomic mass is 9.88. The van der Waals surface area contributed by atoms with E-state index < -0.39 is 0 Å². The Kier molecular flexibility index (Phi) is 4.43. The monoisotopic (exact) mass is 334 g/mol. The molecule has 4 heterocycles. The van der Waals surface area contributed by atoms with E-state index in [4.69, 9.17) is 4.74 Å². The number of carbonyl (C=O) groups is 1. The predicted molar refractivity (Wildman–Crippen MR) is 91.5 cm³/mol. The normalized spacial score (nSPS) is 27.8. The van der Waals surface area contributed by atoms with Gasteiger partial charge in [0.2, 0.25) is 0 Å². The molecule has 0 radical (unpaired) electrons. The van der Waals surface area contributed by atoms with Crippen molar-refractivity contribution in [3.05, 3.63) is 22.4 Å². The summed E-state index contributed by atoms with van der Waals surface area (Å²) in [5.74, 6) is 0.250. The number of hydrogen-bond donors (Lipinski definition) is 0. The molecule has 0 saturated carbocycles. The van der Waals surface area contributed by atoms with Crippen LogP contribution < -0.4 is 0 Å². The number of likely N-dealkylation sites (tertiary alicyclic amines) is 2. The number of carbonyl (C=O) groups excluding carboxylic acids is 1. The zero-order valence-corrected chi connectivity index (χ0v) is 14.5. The molecule has 0 bridgehead atoms. The number of rotatable bonds is 3. The second kappa shape index (κ2) is 6.54. The Hall–Kier alpha value is -0.910. The van der Waals surface area contributed by atoms with Gasteiger partial charge in [-0.05, 0) is 50.0 Å². The van der Waals surface area contributed by atoms with Crippen molar-refractivity contribution in [2.45, 2.75) is 56.8 Å². The second-order valence-corrected chi connectivity index (χ2v) is 8.25. The van der Waals surface area contributed by atoms with Gasteiger partial charge in [0.1, 0.15) is 6.10 Å². The highest BCUT2D eigenvalue weighted by atomic mass is 32.1. The Morgan fingerprint density at radius 1 is 1.22 bits per heavy atom. The van der Waals surface area contributed by atoms with Gasteiger partial charge in [0.15, 0.2) is 0 Å². The standard InChI is InChI=1S/C18H26N2O2S/c21-17(20-9-1-2-10-20)16-5-6-18(22-16)7-11-19(12-8-18)14-15-4-3-13-23-15/h3-4,13,16H,1-2,5-12,14H2/t16-/m0/s1. The molecule has 126 valence electrons. The number of ether oxygens (including phenoxy) is 1. The van der Waals surface area contributed by atoms with E-state index in [0.717, 1.165) is 71.2 Å². The Balaban J connectivity index is 1.30. The maximum absolute atomic E-state index is 12.5. The highest BCUT2D eigenvalue weighted by Crippen LogP contribution is 2.40. The first-order chi connectivity index (χ1) is 11.2. The van der Waals surface area contributed by atoms with Gasteiger partial charge in [-0.1, -0.05) is 6.07 Å². The third kappa shape index (κ3) is 3.32. The zero-order chi connectivity index (χ0) is 15.7. The predicted octanol–water partition coefficient (Wildman–Crippen LogP) is 2.88. The van der Waals surface area contributed by atoms with Crippen LogP contribution in [0.1, 0.15) is 43.4 Å². The van der Waals surface area contributed by atoms with E-state index in [9.17, 15) is 4.79 Å². The van der Waals surface area contributed by atoms with E-state index >= 15 is 0 Å². The summed E-state index contributed by atoms with van der Waals surface area (Å²) in [6.07, 6.45) is 6.26. The van der Waals surface area contributed by atoms with Crippen molar-refractivity contribution in [2.24, 2.45) is 0 Å². The summed E-state index contributed by atoms with van der Waals surface area (Å²) in [5, 5.41) is 2.15. The Labute approximate surface area is 142 Å². The van der Waals surface area contributed by atoms with Crippen LogP contribution in [0.2, 0.25) is 0 Å². The average molecular weight is 334 g/mol. The van der Waals surface area contributed by atoms with Crippen molar-refractivity contribution in [3.63, 3.8) is 0 Å². The van der Waals surface area contributed by atoms with Gasteiger partial charge in [-0.15, -0.1) is 11.3 Å². The first-order valence-electron chi connectivity index (χ1n) is 8.96. The van der Waals surface area contributed by atoms with Gasteiger partial charge in [0, 0.05) is 37.6 Å². The van der Waals surface area contributed by atoms with Crippen LogP contribution in [-0.2, 0) is 16.1 Å². The summed E-state index contributed by atoms with van der Waals surface area (Å²) in [6, 6.07) is 4.34. The van der Waals surface area contributed by atoms with Crippen molar-refractivity contribution in [2.75, 3.05) is 26.2 Å². The molecule has 3 saturated heterocycles. The van der Waals surface area contributed by atoms with Crippen LogP contribution in [0.3, 0.4) is 0 Å². The van der Waals surface area contributed by atoms with Gasteiger partial charge in [-0.2, -0.15) is 0 Å². The molecule has 3 fully saturated rings. The molecule has 3 aliphatic heterocycles. The SMILES string of the molecule is O=C([C@@H]1CCC2(CCN(Cc3cccs3)CC2)O1)N1CCCC1. The van der Waals surface area contributed by atoms with Gasteiger partial charge in [0.05, 0.1) is 5.60 Å². The molecule has 1 spiro atoms. The highest BCUT2D eigenvalue weighted by molar-refractivity contribution is 7.09. The summed E-state index contributed by atoms with van der Waals surface area (Å²) in [4.78, 5) is 18.5.